The zero-order valence-corrected chi connectivity index (χ0v) is 48.1. The van der Waals surface area contributed by atoms with Crippen molar-refractivity contribution in [1.29, 1.82) is 0 Å². The van der Waals surface area contributed by atoms with Crippen LogP contribution in [0.15, 0.2) is 0 Å². The van der Waals surface area contributed by atoms with Crippen molar-refractivity contribution >= 4 is 22.6 Å². The van der Waals surface area contributed by atoms with Gasteiger partial charge in [-0.05, 0) is 131 Å². The quantitative estimate of drug-likeness (QED) is 0.135. The van der Waals surface area contributed by atoms with E-state index < -0.39 is 107 Å². The van der Waals surface area contributed by atoms with Crippen LogP contribution in [-0.4, -0.2) is 173 Å². The summed E-state index contributed by atoms with van der Waals surface area (Å²) < 4.78 is 54.1. The van der Waals surface area contributed by atoms with Gasteiger partial charge in [-0.3, -0.25) is 4.79 Å². The fraction of sp³-hybridized carbons (Fsp3) is 0.980. The SMILES string of the molecule is CC[C@H]1OC(=O)[C@H](C)[C@@H](O[C@H]2C[C@@](C)(OC)[C@@H](O[Si](C)(C)C(C)(C)C)[C@H](C)O2)[C@H](C)[C@@H](O[C@@H]2O[C@H](C)C[C@H](N(C)C)[C@H]2O)[C@](C)(O)C[C@@H](C)CN(C)[C@H](C)[C@@H](O[Si](C)(C)C(C)(C)C)[C@]1(C)O. The van der Waals surface area contributed by atoms with Crippen LogP contribution in [0.3, 0.4) is 0 Å². The minimum Gasteiger partial charge on any atom is -0.459 e. The van der Waals surface area contributed by atoms with Gasteiger partial charge >= 0.3 is 5.97 Å². The van der Waals surface area contributed by atoms with Crippen molar-refractivity contribution in [3.05, 3.63) is 0 Å². The maximum atomic E-state index is 15.0. The van der Waals surface area contributed by atoms with E-state index in [1.54, 1.807) is 27.9 Å². The topological polar surface area (TPSA) is 158 Å². The van der Waals surface area contributed by atoms with Gasteiger partial charge in [0.15, 0.2) is 29.2 Å². The molecular formula is C50H100N2O12Si2. The third-order valence-corrected chi connectivity index (χ3v) is 25.5. The first-order valence-corrected chi connectivity index (χ1v) is 30.8. The molecule has 0 aromatic heterocycles. The molecule has 3 rings (SSSR count). The lowest BCUT2D eigenvalue weighted by Crippen LogP contribution is -2.63. The van der Waals surface area contributed by atoms with Gasteiger partial charge in [0.1, 0.15) is 17.8 Å². The Labute approximate surface area is 404 Å². The number of carbonyl (C=O) groups is 1. The van der Waals surface area contributed by atoms with Crippen LogP contribution in [-0.2, 0) is 42.1 Å². The minimum atomic E-state index is -2.50. The molecule has 3 heterocycles. The number of rotatable bonds is 11. The maximum Gasteiger partial charge on any atom is 0.311 e. The Hall–Kier alpha value is -0.576. The Morgan fingerprint density at radius 1 is 0.833 bits per heavy atom. The van der Waals surface area contributed by atoms with Crippen molar-refractivity contribution in [1.82, 2.24) is 9.80 Å². The highest BCUT2D eigenvalue weighted by atomic mass is 28.4. The minimum absolute atomic E-state index is 0.0563. The monoisotopic (exact) mass is 977 g/mol. The molecule has 0 aliphatic carbocycles. The number of likely N-dealkylation sites (N-methyl/N-ethyl adjacent to an activating group) is 2. The number of methoxy groups -OCH3 is 1. The Morgan fingerprint density at radius 2 is 1.36 bits per heavy atom. The second-order valence-electron chi connectivity index (χ2n) is 24.9. The van der Waals surface area contributed by atoms with E-state index in [1.807, 2.05) is 60.7 Å². The lowest BCUT2D eigenvalue weighted by atomic mass is 9.77. The number of hydrogen-bond acceptors (Lipinski definition) is 14. The third kappa shape index (κ3) is 13.7. The summed E-state index contributed by atoms with van der Waals surface area (Å²) in [6.07, 6.45) is -6.28. The molecule has 14 nitrogen and oxygen atoms in total. The molecule has 3 fully saturated rings. The number of nitrogens with zero attached hydrogens (tertiary/aromatic N) is 2. The van der Waals surface area contributed by atoms with Gasteiger partial charge in [-0.2, -0.15) is 0 Å². The molecule has 0 saturated carbocycles. The molecule has 0 spiro atoms. The summed E-state index contributed by atoms with van der Waals surface area (Å²) in [6.45, 7) is 41.6. The molecule has 16 heteroatoms. The highest BCUT2D eigenvalue weighted by molar-refractivity contribution is 6.74. The average molecular weight is 978 g/mol. The fourth-order valence-corrected chi connectivity index (χ4v) is 13.0. The van der Waals surface area contributed by atoms with E-state index in [2.05, 4.69) is 86.5 Å². The van der Waals surface area contributed by atoms with Crippen molar-refractivity contribution in [3.63, 3.8) is 0 Å². The molecule has 3 aliphatic rings. The van der Waals surface area contributed by atoms with Crippen LogP contribution in [0, 0.1) is 17.8 Å². The highest BCUT2D eigenvalue weighted by Gasteiger charge is 2.56. The van der Waals surface area contributed by atoms with E-state index in [1.165, 1.54) is 0 Å². The molecule has 3 saturated heterocycles. The number of aliphatic hydroxyl groups excluding tert-OH is 1. The Morgan fingerprint density at radius 3 is 1.85 bits per heavy atom. The number of ether oxygens (including phenoxy) is 6. The summed E-state index contributed by atoms with van der Waals surface area (Å²) in [7, 11) is 2.76. The molecule has 0 bridgehead atoms. The smallest absolute Gasteiger partial charge is 0.311 e. The predicted octanol–water partition coefficient (Wildman–Crippen LogP) is 7.96. The van der Waals surface area contributed by atoms with E-state index in [-0.39, 0.29) is 47.0 Å². The highest BCUT2D eigenvalue weighted by Crippen LogP contribution is 2.45. The second kappa shape index (κ2) is 22.0. The van der Waals surface area contributed by atoms with E-state index in [4.69, 9.17) is 37.3 Å². The molecule has 0 aromatic rings. The van der Waals surface area contributed by atoms with Crippen LogP contribution in [0.25, 0.3) is 0 Å². The normalized spacial score (nSPS) is 42.7. The molecule has 3 aliphatic heterocycles. The van der Waals surface area contributed by atoms with Gasteiger partial charge in [0.25, 0.3) is 0 Å². The van der Waals surface area contributed by atoms with E-state index in [9.17, 15) is 20.1 Å². The van der Waals surface area contributed by atoms with Crippen molar-refractivity contribution in [2.75, 3.05) is 34.8 Å². The van der Waals surface area contributed by atoms with Gasteiger partial charge in [0, 0.05) is 38.1 Å². The number of esters is 1. The second-order valence-corrected chi connectivity index (χ2v) is 34.4. The van der Waals surface area contributed by atoms with Crippen LogP contribution in [0.1, 0.15) is 136 Å². The number of aliphatic hydroxyl groups is 3. The Kier molecular flexibility index (Phi) is 20.0. The first-order valence-electron chi connectivity index (χ1n) is 25.0. The maximum absolute atomic E-state index is 15.0. The molecule has 0 radical (unpaired) electrons. The number of cyclic esters (lactones) is 1. The Balaban J connectivity index is 2.27. The summed E-state index contributed by atoms with van der Waals surface area (Å²) in [5.41, 5.74) is -3.97. The summed E-state index contributed by atoms with van der Waals surface area (Å²) >= 11 is 0. The third-order valence-electron chi connectivity index (χ3n) is 16.6. The fourth-order valence-electron chi connectivity index (χ4n) is 10.1. The lowest BCUT2D eigenvalue weighted by Gasteiger charge is -2.52. The van der Waals surface area contributed by atoms with Gasteiger partial charge in [-0.15, -0.1) is 0 Å². The molecule has 0 aromatic carbocycles. The van der Waals surface area contributed by atoms with E-state index >= 15 is 0 Å². The zero-order valence-electron chi connectivity index (χ0n) is 46.1. The van der Waals surface area contributed by atoms with E-state index in [0.717, 1.165) is 0 Å². The molecular weight excluding hydrogens is 877 g/mol. The van der Waals surface area contributed by atoms with Crippen LogP contribution >= 0.6 is 0 Å². The molecule has 18 atom stereocenters. The first-order chi connectivity index (χ1) is 29.8. The predicted molar refractivity (Wildman–Crippen MR) is 266 cm³/mol. The summed E-state index contributed by atoms with van der Waals surface area (Å²) in [6, 6.07) is -0.582. The van der Waals surface area contributed by atoms with Crippen molar-refractivity contribution in [2.24, 2.45) is 17.8 Å². The van der Waals surface area contributed by atoms with Crippen molar-refractivity contribution in [2.45, 2.75) is 263 Å². The van der Waals surface area contributed by atoms with E-state index in [0.29, 0.717) is 19.4 Å². The summed E-state index contributed by atoms with van der Waals surface area (Å²) in [4.78, 5) is 19.1. The number of hydrogen-bond donors (Lipinski definition) is 3. The molecule has 0 unspecified atom stereocenters. The van der Waals surface area contributed by atoms with Gasteiger partial charge < -0.3 is 62.4 Å². The van der Waals surface area contributed by atoms with Crippen LogP contribution in [0.5, 0.6) is 0 Å². The van der Waals surface area contributed by atoms with Gasteiger partial charge in [-0.1, -0.05) is 62.3 Å². The first kappa shape index (κ1) is 59.7. The van der Waals surface area contributed by atoms with Gasteiger partial charge in [0.2, 0.25) is 0 Å². The Bertz CT molecular complexity index is 1550. The molecule has 3 N–H and O–H groups in total. The zero-order chi connectivity index (χ0) is 51.1. The standard InChI is InChI=1S/C50H100N2O12Si2/c1-25-37-50(16,56)42(63-65(21,22)46(8,9)10)34(6)52(19)29-30(2)27-48(14,55)41(62-45-39(53)36(51(17)18)26-31(3)58-45)32(4)40(33(5)44(54)60-37)61-38-28-49(15,57-20)43(35(7)59-38)64-66(23,24)47(11,12)13/h30-43,45,53,55-56H,25-29H2,1-24H3/t30-,31-,32+,33-,34-,35+,36+,37-,38+,39-,40+,41-,42-,43+,45+,48-,49-,50-/m1/s1. The molecule has 390 valence electrons. The van der Waals surface area contributed by atoms with Crippen molar-refractivity contribution < 1.29 is 57.4 Å². The van der Waals surface area contributed by atoms with Crippen LogP contribution in [0.4, 0.5) is 0 Å². The van der Waals surface area contributed by atoms with Crippen LogP contribution < -0.4 is 0 Å². The van der Waals surface area contributed by atoms with Crippen molar-refractivity contribution in [3.8, 4) is 0 Å². The summed E-state index contributed by atoms with van der Waals surface area (Å²) in [5, 5.41) is 37.4. The molecule has 0 amide bonds. The summed E-state index contributed by atoms with van der Waals surface area (Å²) in [5.74, 6) is -2.36. The number of carbonyl (C=O) groups excluding carboxylic acids is 1. The molecule has 66 heavy (non-hydrogen) atoms. The van der Waals surface area contributed by atoms with Gasteiger partial charge in [-0.25, -0.2) is 0 Å². The van der Waals surface area contributed by atoms with Crippen LogP contribution in [0.2, 0.25) is 36.3 Å². The lowest BCUT2D eigenvalue weighted by molar-refractivity contribution is -0.317. The largest absolute Gasteiger partial charge is 0.459 e. The van der Waals surface area contributed by atoms with Gasteiger partial charge in [0.05, 0.1) is 53.7 Å². The average Bonchev–Trinajstić information content (AvgIpc) is 3.16.